The van der Waals surface area contributed by atoms with E-state index >= 15 is 0 Å². The molecule has 2 heterocycles. The molecule has 20 heavy (non-hydrogen) atoms. The Morgan fingerprint density at radius 1 is 1.15 bits per heavy atom. The van der Waals surface area contributed by atoms with Crippen LogP contribution in [-0.2, 0) is 9.53 Å². The lowest BCUT2D eigenvalue weighted by atomic mass is 9.84. The monoisotopic (exact) mass is 282 g/mol. The highest BCUT2D eigenvalue weighted by Crippen LogP contribution is 2.30. The second kappa shape index (κ2) is 7.99. The summed E-state index contributed by atoms with van der Waals surface area (Å²) in [6.07, 6.45) is 6.58. The number of piperidine rings is 2. The van der Waals surface area contributed by atoms with Gasteiger partial charge in [0.1, 0.15) is 6.61 Å². The number of nitrogens with zero attached hydrogens (tertiary/aromatic N) is 2. The molecule has 0 saturated carbocycles. The van der Waals surface area contributed by atoms with Crippen LogP contribution in [0, 0.1) is 5.92 Å². The van der Waals surface area contributed by atoms with Crippen molar-refractivity contribution in [1.29, 1.82) is 0 Å². The third kappa shape index (κ3) is 3.95. The Hall–Kier alpha value is -0.610. The van der Waals surface area contributed by atoms with Gasteiger partial charge in [0, 0.05) is 19.1 Å². The lowest BCUT2D eigenvalue weighted by Crippen LogP contribution is -2.49. The highest BCUT2D eigenvalue weighted by atomic mass is 16.5. The van der Waals surface area contributed by atoms with Gasteiger partial charge in [0.2, 0.25) is 5.91 Å². The quantitative estimate of drug-likeness (QED) is 0.748. The van der Waals surface area contributed by atoms with E-state index < -0.39 is 0 Å². The normalized spacial score (nSPS) is 27.1. The van der Waals surface area contributed by atoms with Crippen LogP contribution in [0.4, 0.5) is 0 Å². The average Bonchev–Trinajstić information content (AvgIpc) is 2.49. The van der Waals surface area contributed by atoms with Gasteiger partial charge in [-0.2, -0.15) is 0 Å². The molecule has 4 heteroatoms. The van der Waals surface area contributed by atoms with E-state index in [4.69, 9.17) is 4.74 Å². The first kappa shape index (κ1) is 15.8. The number of carbonyl (C=O) groups excluding carboxylic acids is 1. The van der Waals surface area contributed by atoms with Gasteiger partial charge in [0.15, 0.2) is 0 Å². The van der Waals surface area contributed by atoms with Gasteiger partial charge in [-0.3, -0.25) is 4.79 Å². The number of ether oxygens (including phenoxy) is 1. The topological polar surface area (TPSA) is 32.8 Å². The summed E-state index contributed by atoms with van der Waals surface area (Å²) in [5, 5.41) is 0. The fraction of sp³-hybridized carbons (Fsp3) is 0.938. The van der Waals surface area contributed by atoms with Gasteiger partial charge in [-0.05, 0) is 58.5 Å². The van der Waals surface area contributed by atoms with Gasteiger partial charge >= 0.3 is 0 Å². The first-order valence-corrected chi connectivity index (χ1v) is 8.35. The van der Waals surface area contributed by atoms with Crippen LogP contribution in [-0.4, -0.2) is 61.1 Å². The van der Waals surface area contributed by atoms with Crippen LogP contribution < -0.4 is 0 Å². The first-order valence-electron chi connectivity index (χ1n) is 8.35. The summed E-state index contributed by atoms with van der Waals surface area (Å²) in [7, 11) is 0. The smallest absolute Gasteiger partial charge is 0.248 e. The maximum atomic E-state index is 11.9. The van der Waals surface area contributed by atoms with Crippen LogP contribution in [0.15, 0.2) is 0 Å². The Morgan fingerprint density at radius 3 is 2.65 bits per heavy atom. The number of rotatable bonds is 6. The van der Waals surface area contributed by atoms with Crippen molar-refractivity contribution in [2.45, 2.75) is 52.0 Å². The molecule has 2 aliphatic heterocycles. The summed E-state index contributed by atoms with van der Waals surface area (Å²) in [6, 6.07) is 0.709. The molecule has 0 spiro atoms. The van der Waals surface area contributed by atoms with Crippen LogP contribution in [0.2, 0.25) is 0 Å². The molecule has 0 aromatic heterocycles. The van der Waals surface area contributed by atoms with Gasteiger partial charge in [-0.15, -0.1) is 0 Å². The van der Waals surface area contributed by atoms with Crippen LogP contribution >= 0.6 is 0 Å². The first-order chi connectivity index (χ1) is 9.76. The van der Waals surface area contributed by atoms with E-state index in [1.54, 1.807) is 0 Å². The van der Waals surface area contributed by atoms with Crippen LogP contribution in [0.25, 0.3) is 0 Å². The Balaban J connectivity index is 1.74. The minimum Gasteiger partial charge on any atom is -0.371 e. The van der Waals surface area contributed by atoms with Crippen LogP contribution in [0.3, 0.4) is 0 Å². The third-order valence-corrected chi connectivity index (χ3v) is 4.90. The minimum atomic E-state index is 0.131. The average molecular weight is 282 g/mol. The molecular weight excluding hydrogens is 252 g/mol. The molecule has 2 aliphatic rings. The van der Waals surface area contributed by atoms with Crippen molar-refractivity contribution in [2.24, 2.45) is 5.92 Å². The second-order valence-electron chi connectivity index (χ2n) is 6.08. The molecule has 2 rings (SSSR count). The van der Waals surface area contributed by atoms with E-state index in [-0.39, 0.29) is 12.5 Å². The number of hydrogen-bond donors (Lipinski definition) is 0. The van der Waals surface area contributed by atoms with Crippen molar-refractivity contribution in [3.05, 3.63) is 0 Å². The Kier molecular flexibility index (Phi) is 6.30. The standard InChI is InChI=1S/C16H30N2O2/c1-3-17(4-2)16(19)13-20-12-14-8-7-11-18-10-6-5-9-15(14)18/h14-15H,3-13H2,1-2H3/t14-,15-/m1/s1. The molecule has 0 N–H and O–H groups in total. The van der Waals surface area contributed by atoms with E-state index in [1.165, 1.54) is 45.2 Å². The van der Waals surface area contributed by atoms with Crippen molar-refractivity contribution in [3.63, 3.8) is 0 Å². The summed E-state index contributed by atoms with van der Waals surface area (Å²) in [4.78, 5) is 16.4. The molecule has 0 bridgehead atoms. The number of likely N-dealkylation sites (N-methyl/N-ethyl adjacent to an activating group) is 1. The van der Waals surface area contributed by atoms with Crippen molar-refractivity contribution < 1.29 is 9.53 Å². The maximum Gasteiger partial charge on any atom is 0.248 e. The number of carbonyl (C=O) groups is 1. The molecule has 2 fully saturated rings. The predicted octanol–water partition coefficient (Wildman–Crippen LogP) is 2.14. The Morgan fingerprint density at radius 2 is 1.90 bits per heavy atom. The van der Waals surface area contributed by atoms with Gasteiger partial charge in [-0.25, -0.2) is 0 Å². The molecule has 0 aliphatic carbocycles. The van der Waals surface area contributed by atoms with Gasteiger partial charge in [0.05, 0.1) is 6.61 Å². The molecule has 0 radical (unpaired) electrons. The van der Waals surface area contributed by atoms with E-state index in [1.807, 2.05) is 18.7 Å². The summed E-state index contributed by atoms with van der Waals surface area (Å²) >= 11 is 0. The summed E-state index contributed by atoms with van der Waals surface area (Å²) < 4.78 is 5.75. The molecule has 0 aromatic carbocycles. The van der Waals surface area contributed by atoms with Crippen molar-refractivity contribution >= 4 is 5.91 Å². The molecule has 2 saturated heterocycles. The van der Waals surface area contributed by atoms with E-state index in [0.717, 1.165) is 19.7 Å². The van der Waals surface area contributed by atoms with Gasteiger partial charge in [0.25, 0.3) is 0 Å². The van der Waals surface area contributed by atoms with Crippen LogP contribution in [0.1, 0.15) is 46.0 Å². The largest absolute Gasteiger partial charge is 0.371 e. The fourth-order valence-corrected chi connectivity index (χ4v) is 3.74. The Bertz CT molecular complexity index is 303. The molecule has 4 nitrogen and oxygen atoms in total. The van der Waals surface area contributed by atoms with Crippen LogP contribution in [0.5, 0.6) is 0 Å². The lowest BCUT2D eigenvalue weighted by Gasteiger charge is -2.44. The van der Waals surface area contributed by atoms with Gasteiger partial charge in [-0.1, -0.05) is 6.42 Å². The zero-order chi connectivity index (χ0) is 14.4. The SMILES string of the molecule is CCN(CC)C(=O)COC[C@H]1CCCN2CCCC[C@H]12. The fourth-order valence-electron chi connectivity index (χ4n) is 3.74. The molecular formula is C16H30N2O2. The molecule has 0 aromatic rings. The molecule has 0 unspecified atom stereocenters. The predicted molar refractivity (Wildman–Crippen MR) is 80.7 cm³/mol. The Labute approximate surface area is 123 Å². The molecule has 2 atom stereocenters. The highest BCUT2D eigenvalue weighted by Gasteiger charge is 2.33. The van der Waals surface area contributed by atoms with Crippen molar-refractivity contribution in [1.82, 2.24) is 9.80 Å². The lowest BCUT2D eigenvalue weighted by molar-refractivity contribution is -0.136. The van der Waals surface area contributed by atoms with Gasteiger partial charge < -0.3 is 14.5 Å². The number of amides is 1. The van der Waals surface area contributed by atoms with E-state index in [9.17, 15) is 4.79 Å². The van der Waals surface area contributed by atoms with Crippen molar-refractivity contribution in [2.75, 3.05) is 39.4 Å². The molecule has 116 valence electrons. The van der Waals surface area contributed by atoms with E-state index in [2.05, 4.69) is 4.90 Å². The highest BCUT2D eigenvalue weighted by molar-refractivity contribution is 5.77. The number of hydrogen-bond acceptors (Lipinski definition) is 3. The third-order valence-electron chi connectivity index (χ3n) is 4.90. The maximum absolute atomic E-state index is 11.9. The summed E-state index contributed by atoms with van der Waals surface area (Å²) in [5.74, 6) is 0.764. The van der Waals surface area contributed by atoms with E-state index in [0.29, 0.717) is 12.0 Å². The molecule has 1 amide bonds. The summed E-state index contributed by atoms with van der Waals surface area (Å²) in [6.45, 7) is 9.13. The second-order valence-corrected chi connectivity index (χ2v) is 6.08. The minimum absolute atomic E-state index is 0.131. The zero-order valence-corrected chi connectivity index (χ0v) is 13.1. The van der Waals surface area contributed by atoms with Crippen molar-refractivity contribution in [3.8, 4) is 0 Å². The number of fused-ring (bicyclic) bond motifs is 1. The zero-order valence-electron chi connectivity index (χ0n) is 13.1. The summed E-state index contributed by atoms with van der Waals surface area (Å²) in [5.41, 5.74) is 0.